The summed E-state index contributed by atoms with van der Waals surface area (Å²) >= 11 is 2.93. The lowest BCUT2D eigenvalue weighted by molar-refractivity contribution is -0.253. The SMILES string of the molecule is CC(C)CC(C)(COc1ncc(Br)cc1C(F)(F)F)NC(=O)[O-]. The summed E-state index contributed by atoms with van der Waals surface area (Å²) < 4.78 is 44.4. The van der Waals surface area contributed by atoms with Crippen molar-refractivity contribution in [2.45, 2.75) is 38.9 Å². The van der Waals surface area contributed by atoms with Crippen LogP contribution in [0.2, 0.25) is 0 Å². The quantitative estimate of drug-likeness (QED) is 0.800. The Labute approximate surface area is 140 Å². The molecule has 1 atom stereocenters. The van der Waals surface area contributed by atoms with Gasteiger partial charge in [-0.1, -0.05) is 13.8 Å². The van der Waals surface area contributed by atoms with Crippen LogP contribution in [-0.2, 0) is 6.18 Å². The highest BCUT2D eigenvalue weighted by Crippen LogP contribution is 2.36. The van der Waals surface area contributed by atoms with Crippen LogP contribution in [0.15, 0.2) is 16.7 Å². The van der Waals surface area contributed by atoms with Gasteiger partial charge in [0, 0.05) is 10.7 Å². The topological polar surface area (TPSA) is 74.3 Å². The van der Waals surface area contributed by atoms with E-state index in [4.69, 9.17) is 4.74 Å². The van der Waals surface area contributed by atoms with Crippen molar-refractivity contribution >= 4 is 22.0 Å². The molecule has 1 aromatic rings. The number of hydrogen-bond donors (Lipinski definition) is 1. The van der Waals surface area contributed by atoms with Crippen molar-refractivity contribution in [1.82, 2.24) is 10.3 Å². The van der Waals surface area contributed by atoms with Crippen LogP contribution >= 0.6 is 15.9 Å². The highest BCUT2D eigenvalue weighted by molar-refractivity contribution is 9.10. The second-order valence-corrected chi connectivity index (χ2v) is 6.78. The van der Waals surface area contributed by atoms with E-state index in [-0.39, 0.29) is 17.0 Å². The fourth-order valence-electron chi connectivity index (χ4n) is 2.27. The lowest BCUT2D eigenvalue weighted by Gasteiger charge is -2.33. The zero-order valence-corrected chi connectivity index (χ0v) is 14.4. The molecule has 0 aliphatic rings. The Kier molecular flexibility index (Phi) is 6.26. The van der Waals surface area contributed by atoms with Gasteiger partial charge in [0.15, 0.2) is 0 Å². The molecule has 9 heteroatoms. The summed E-state index contributed by atoms with van der Waals surface area (Å²) in [7, 11) is 0. The third-order valence-corrected chi connectivity index (χ3v) is 3.35. The van der Waals surface area contributed by atoms with Crippen LogP contribution in [-0.4, -0.2) is 23.2 Å². The van der Waals surface area contributed by atoms with Gasteiger partial charge in [0.2, 0.25) is 5.88 Å². The lowest BCUT2D eigenvalue weighted by atomic mass is 9.91. The maximum absolute atomic E-state index is 13.0. The highest BCUT2D eigenvalue weighted by Gasteiger charge is 2.36. The zero-order valence-electron chi connectivity index (χ0n) is 12.8. The number of nitrogens with one attached hydrogen (secondary N) is 1. The van der Waals surface area contributed by atoms with E-state index in [2.05, 4.69) is 26.2 Å². The average Bonchev–Trinajstić information content (AvgIpc) is 2.34. The Bertz CT molecular complexity index is 567. The number of aromatic nitrogens is 1. The molecule has 0 saturated heterocycles. The molecule has 0 aliphatic carbocycles. The van der Waals surface area contributed by atoms with Gasteiger partial charge in [0.25, 0.3) is 0 Å². The van der Waals surface area contributed by atoms with Gasteiger partial charge in [-0.15, -0.1) is 0 Å². The summed E-state index contributed by atoms with van der Waals surface area (Å²) in [5.74, 6) is -0.508. The monoisotopic (exact) mass is 397 g/mol. The largest absolute Gasteiger partial charge is 0.530 e. The van der Waals surface area contributed by atoms with E-state index in [9.17, 15) is 23.1 Å². The Morgan fingerprint density at radius 2 is 2.09 bits per heavy atom. The van der Waals surface area contributed by atoms with Gasteiger partial charge in [0.05, 0.1) is 5.54 Å². The van der Waals surface area contributed by atoms with Crippen LogP contribution in [0.1, 0.15) is 32.8 Å². The number of pyridine rings is 1. The third-order valence-electron chi connectivity index (χ3n) is 2.91. The number of alkyl halides is 3. The lowest BCUT2D eigenvalue weighted by Crippen LogP contribution is -2.55. The Morgan fingerprint density at radius 1 is 1.48 bits per heavy atom. The molecule has 1 amide bonds. The van der Waals surface area contributed by atoms with Crippen molar-refractivity contribution in [2.24, 2.45) is 5.92 Å². The first kappa shape index (κ1) is 19.5. The summed E-state index contributed by atoms with van der Waals surface area (Å²) in [6.07, 6.45) is -4.62. The number of ether oxygens (including phenoxy) is 1. The molecule has 130 valence electrons. The van der Waals surface area contributed by atoms with Crippen LogP contribution in [0.4, 0.5) is 18.0 Å². The summed E-state index contributed by atoms with van der Waals surface area (Å²) in [5.41, 5.74) is -2.13. The van der Waals surface area contributed by atoms with Crippen LogP contribution in [0.5, 0.6) is 5.88 Å². The van der Waals surface area contributed by atoms with Crippen LogP contribution < -0.4 is 15.2 Å². The minimum atomic E-state index is -4.64. The summed E-state index contributed by atoms with van der Waals surface area (Å²) in [6.45, 7) is 4.94. The van der Waals surface area contributed by atoms with Gasteiger partial charge in [-0.2, -0.15) is 13.2 Å². The molecule has 0 spiro atoms. The standard InChI is InChI=1S/C14H18BrF3N2O3/c1-8(2)5-13(3,20-12(21)22)7-23-11-10(14(16,17)18)4-9(15)6-19-11/h4,6,8,20H,5,7H2,1-3H3,(H,21,22)/p-1. The van der Waals surface area contributed by atoms with Crippen LogP contribution in [0.3, 0.4) is 0 Å². The molecular formula is C14H17BrF3N2O3-. The molecule has 1 heterocycles. The van der Waals surface area contributed by atoms with Gasteiger partial charge in [-0.25, -0.2) is 4.98 Å². The summed E-state index contributed by atoms with van der Waals surface area (Å²) in [6, 6.07) is 0.855. The Balaban J connectivity index is 3.00. The second kappa shape index (κ2) is 7.37. The molecule has 23 heavy (non-hydrogen) atoms. The minimum Gasteiger partial charge on any atom is -0.530 e. The smallest absolute Gasteiger partial charge is 0.421 e. The first-order chi connectivity index (χ1) is 10.4. The van der Waals surface area contributed by atoms with E-state index in [1.54, 1.807) is 0 Å². The Morgan fingerprint density at radius 3 is 2.57 bits per heavy atom. The van der Waals surface area contributed by atoms with Gasteiger partial charge in [-0.3, -0.25) is 0 Å². The fourth-order valence-corrected chi connectivity index (χ4v) is 2.60. The zero-order chi connectivity index (χ0) is 17.8. The van der Waals surface area contributed by atoms with E-state index in [0.717, 1.165) is 6.07 Å². The third kappa shape index (κ3) is 6.25. The van der Waals surface area contributed by atoms with Gasteiger partial charge in [-0.05, 0) is 41.3 Å². The number of carbonyl (C=O) groups is 1. The molecule has 1 rings (SSSR count). The van der Waals surface area contributed by atoms with Crippen LogP contribution in [0, 0.1) is 5.92 Å². The minimum absolute atomic E-state index is 0.0930. The van der Waals surface area contributed by atoms with Crippen molar-refractivity contribution in [2.75, 3.05) is 6.61 Å². The molecule has 5 nitrogen and oxygen atoms in total. The number of carbonyl (C=O) groups excluding carboxylic acids is 1. The second-order valence-electron chi connectivity index (χ2n) is 5.86. The summed E-state index contributed by atoms with van der Waals surface area (Å²) in [5, 5.41) is 13.0. The molecule has 0 saturated carbocycles. The maximum atomic E-state index is 13.0. The molecule has 1 aromatic heterocycles. The van der Waals surface area contributed by atoms with Crippen molar-refractivity contribution in [1.29, 1.82) is 0 Å². The van der Waals surface area contributed by atoms with Crippen LogP contribution in [0.25, 0.3) is 0 Å². The molecular weight excluding hydrogens is 381 g/mol. The molecule has 0 aromatic carbocycles. The molecule has 1 unspecified atom stereocenters. The maximum Gasteiger partial charge on any atom is 0.421 e. The number of rotatable bonds is 6. The van der Waals surface area contributed by atoms with E-state index >= 15 is 0 Å². The summed E-state index contributed by atoms with van der Waals surface area (Å²) in [4.78, 5) is 14.4. The van der Waals surface area contributed by atoms with Crippen molar-refractivity contribution in [3.05, 3.63) is 22.3 Å². The normalized spacial score (nSPS) is 14.4. The number of hydrogen-bond acceptors (Lipinski definition) is 4. The van der Waals surface area contributed by atoms with E-state index in [1.807, 2.05) is 13.8 Å². The number of nitrogens with zero attached hydrogens (tertiary/aromatic N) is 1. The molecule has 0 radical (unpaired) electrons. The number of carboxylic acid groups (broad SMARTS) is 1. The van der Waals surface area contributed by atoms with Gasteiger partial charge in [0.1, 0.15) is 18.3 Å². The van der Waals surface area contributed by atoms with E-state index in [1.165, 1.54) is 13.1 Å². The van der Waals surface area contributed by atoms with Crippen molar-refractivity contribution in [3.8, 4) is 5.88 Å². The van der Waals surface area contributed by atoms with Gasteiger partial charge < -0.3 is 20.0 Å². The predicted octanol–water partition coefficient (Wildman–Crippen LogP) is 2.98. The average molecular weight is 398 g/mol. The number of halogens is 4. The predicted molar refractivity (Wildman–Crippen MR) is 78.8 cm³/mol. The highest BCUT2D eigenvalue weighted by atomic mass is 79.9. The Hall–Kier alpha value is -1.51. The molecule has 0 bridgehead atoms. The fraction of sp³-hybridized carbons (Fsp3) is 0.571. The number of amides is 1. The first-order valence-electron chi connectivity index (χ1n) is 6.77. The molecule has 1 N–H and O–H groups in total. The van der Waals surface area contributed by atoms with Gasteiger partial charge >= 0.3 is 6.18 Å². The van der Waals surface area contributed by atoms with Crippen molar-refractivity contribution < 1.29 is 27.8 Å². The van der Waals surface area contributed by atoms with E-state index in [0.29, 0.717) is 6.42 Å². The first-order valence-corrected chi connectivity index (χ1v) is 7.57. The van der Waals surface area contributed by atoms with E-state index < -0.39 is 29.3 Å². The van der Waals surface area contributed by atoms with Crippen molar-refractivity contribution in [3.63, 3.8) is 0 Å². The molecule has 0 aliphatic heterocycles. The molecule has 0 fully saturated rings.